The molecule has 2 N–H and O–H groups in total. The molecule has 9 nitrogen and oxygen atoms in total. The third-order valence-electron chi connectivity index (χ3n) is 5.89. The summed E-state index contributed by atoms with van der Waals surface area (Å²) < 4.78 is 6.92. The average Bonchev–Trinajstić information content (AvgIpc) is 2.82. The van der Waals surface area contributed by atoms with Crippen LogP contribution in [0, 0.1) is 5.92 Å². The van der Waals surface area contributed by atoms with Crippen molar-refractivity contribution < 1.29 is 9.53 Å². The number of nitrogens with one attached hydrogen (secondary N) is 2. The van der Waals surface area contributed by atoms with Crippen molar-refractivity contribution in [1.82, 2.24) is 19.9 Å². The second kappa shape index (κ2) is 9.66. The summed E-state index contributed by atoms with van der Waals surface area (Å²) in [7, 11) is 3.18. The van der Waals surface area contributed by atoms with E-state index in [1.807, 2.05) is 18.2 Å². The third kappa shape index (κ3) is 5.03. The predicted octanol–water partition coefficient (Wildman–Crippen LogP) is 3.09. The highest BCUT2D eigenvalue weighted by molar-refractivity contribution is 6.32. The number of aryl methyl sites for hydroxylation is 1. The zero-order valence-corrected chi connectivity index (χ0v) is 19.6. The van der Waals surface area contributed by atoms with Gasteiger partial charge in [-0.3, -0.25) is 9.59 Å². The Balaban J connectivity index is 1.61. The molecule has 0 spiro atoms. The molecule has 2 aromatic heterocycles. The Morgan fingerprint density at radius 3 is 2.76 bits per heavy atom. The van der Waals surface area contributed by atoms with Crippen molar-refractivity contribution in [3.8, 4) is 5.75 Å². The van der Waals surface area contributed by atoms with Gasteiger partial charge in [-0.2, -0.15) is 4.98 Å². The van der Waals surface area contributed by atoms with Crippen LogP contribution in [0.15, 0.2) is 35.3 Å². The number of halogens is 1. The van der Waals surface area contributed by atoms with Gasteiger partial charge in [-0.25, -0.2) is 4.98 Å². The normalized spacial score (nSPS) is 14.4. The maximum absolute atomic E-state index is 12.6. The van der Waals surface area contributed by atoms with Crippen molar-refractivity contribution in [3.05, 3.63) is 45.8 Å². The monoisotopic (exact) mass is 470 g/mol. The van der Waals surface area contributed by atoms with Crippen LogP contribution in [0.3, 0.4) is 0 Å². The number of benzene rings is 1. The summed E-state index contributed by atoms with van der Waals surface area (Å²) >= 11 is 6.37. The quantitative estimate of drug-likeness (QED) is 0.570. The summed E-state index contributed by atoms with van der Waals surface area (Å²) in [6.45, 7) is 3.87. The van der Waals surface area contributed by atoms with Crippen molar-refractivity contribution in [2.24, 2.45) is 13.0 Å². The summed E-state index contributed by atoms with van der Waals surface area (Å²) in [4.78, 5) is 35.3. The van der Waals surface area contributed by atoms with Crippen molar-refractivity contribution in [2.45, 2.75) is 19.8 Å². The van der Waals surface area contributed by atoms with Crippen molar-refractivity contribution in [3.63, 3.8) is 0 Å². The van der Waals surface area contributed by atoms with Crippen LogP contribution in [0.1, 0.15) is 19.8 Å². The molecule has 3 heterocycles. The first-order valence-electron chi connectivity index (χ1n) is 10.9. The van der Waals surface area contributed by atoms with Gasteiger partial charge in [0, 0.05) is 38.3 Å². The SMILES string of the molecule is CNC(=O)COc1cc2cc(Nc3nc(N4CCC(C)CC4)ncc3Cl)ccc2n(C)c1=O. The maximum atomic E-state index is 12.6. The first-order valence-corrected chi connectivity index (χ1v) is 11.2. The van der Waals surface area contributed by atoms with Crippen LogP contribution < -0.4 is 25.8 Å². The van der Waals surface area contributed by atoms with Crippen LogP contribution in [0.5, 0.6) is 5.75 Å². The second-order valence-electron chi connectivity index (χ2n) is 8.27. The van der Waals surface area contributed by atoms with E-state index < -0.39 is 0 Å². The lowest BCUT2D eigenvalue weighted by atomic mass is 10.00. The highest BCUT2D eigenvalue weighted by atomic mass is 35.5. The number of hydrogen-bond donors (Lipinski definition) is 2. The lowest BCUT2D eigenvalue weighted by molar-refractivity contribution is -0.122. The largest absolute Gasteiger partial charge is 0.478 e. The van der Waals surface area contributed by atoms with Crippen LogP contribution >= 0.6 is 11.6 Å². The van der Waals surface area contributed by atoms with Crippen molar-refractivity contribution >= 4 is 45.9 Å². The van der Waals surface area contributed by atoms with Gasteiger partial charge in [-0.05, 0) is 43.0 Å². The van der Waals surface area contributed by atoms with Gasteiger partial charge in [-0.1, -0.05) is 18.5 Å². The molecular formula is C23H27ClN6O3. The van der Waals surface area contributed by atoms with Crippen LogP contribution in [-0.4, -0.2) is 47.2 Å². The fourth-order valence-corrected chi connectivity index (χ4v) is 3.93. The predicted molar refractivity (Wildman–Crippen MR) is 130 cm³/mol. The topological polar surface area (TPSA) is 101 Å². The Kier molecular flexibility index (Phi) is 6.69. The molecule has 0 radical (unpaired) electrons. The molecule has 3 aromatic rings. The molecule has 0 unspecified atom stereocenters. The number of likely N-dealkylation sites (N-methyl/N-ethyl adjacent to an activating group) is 1. The fourth-order valence-electron chi connectivity index (χ4n) is 3.79. The second-order valence-corrected chi connectivity index (χ2v) is 8.68. The summed E-state index contributed by atoms with van der Waals surface area (Å²) in [5.74, 6) is 1.67. The number of anilines is 3. The van der Waals surface area contributed by atoms with Gasteiger partial charge >= 0.3 is 0 Å². The molecule has 1 amide bonds. The molecule has 1 fully saturated rings. The zero-order chi connectivity index (χ0) is 23.5. The molecule has 0 aliphatic carbocycles. The van der Waals surface area contributed by atoms with Crippen molar-refractivity contribution in [2.75, 3.05) is 37.0 Å². The highest BCUT2D eigenvalue weighted by Gasteiger charge is 2.19. The Labute approximate surface area is 196 Å². The molecule has 174 valence electrons. The van der Waals surface area contributed by atoms with Gasteiger partial charge in [0.2, 0.25) is 5.95 Å². The van der Waals surface area contributed by atoms with E-state index in [1.165, 1.54) is 11.6 Å². The molecule has 4 rings (SSSR count). The van der Waals surface area contributed by atoms with E-state index in [0.29, 0.717) is 22.7 Å². The summed E-state index contributed by atoms with van der Waals surface area (Å²) in [6.07, 6.45) is 3.84. The molecule has 0 bridgehead atoms. The Hall–Kier alpha value is -3.33. The number of nitrogens with zero attached hydrogens (tertiary/aromatic N) is 4. The Morgan fingerprint density at radius 2 is 2.03 bits per heavy atom. The summed E-state index contributed by atoms with van der Waals surface area (Å²) in [5, 5.41) is 6.92. The minimum Gasteiger partial charge on any atom is -0.478 e. The van der Waals surface area contributed by atoms with Crippen molar-refractivity contribution in [1.29, 1.82) is 0 Å². The number of ether oxygens (including phenoxy) is 1. The highest BCUT2D eigenvalue weighted by Crippen LogP contribution is 2.28. The first kappa shape index (κ1) is 22.8. The number of carbonyl (C=O) groups is 1. The average molecular weight is 471 g/mol. The summed E-state index contributed by atoms with van der Waals surface area (Å²) in [5.41, 5.74) is 1.17. The number of rotatable bonds is 6. The Morgan fingerprint density at radius 1 is 1.27 bits per heavy atom. The van der Waals surface area contributed by atoms with Crippen LogP contribution in [0.25, 0.3) is 10.9 Å². The molecule has 10 heteroatoms. The number of aromatic nitrogens is 3. The molecule has 1 aliphatic heterocycles. The molecule has 0 saturated carbocycles. The standard InChI is InChI=1S/C23H27ClN6O3/c1-14-6-8-30(9-7-14)23-26-12-17(24)21(28-23)27-16-4-5-18-15(10-16)11-19(22(32)29(18)3)33-13-20(31)25-2/h4-5,10-12,14H,6-9,13H2,1-3H3,(H,25,31)(H,26,27,28). The number of carbonyl (C=O) groups excluding carboxylic acids is 1. The molecule has 1 saturated heterocycles. The van der Waals surface area contributed by atoms with E-state index in [2.05, 4.69) is 32.4 Å². The molecule has 0 atom stereocenters. The Bertz CT molecular complexity index is 1240. The van der Waals surface area contributed by atoms with Gasteiger partial charge in [-0.15, -0.1) is 0 Å². The van der Waals surface area contributed by atoms with E-state index in [0.717, 1.165) is 42.5 Å². The van der Waals surface area contributed by atoms with E-state index in [1.54, 1.807) is 19.3 Å². The molecular weight excluding hydrogens is 444 g/mol. The van der Waals surface area contributed by atoms with E-state index in [9.17, 15) is 9.59 Å². The van der Waals surface area contributed by atoms with Gasteiger partial charge < -0.3 is 24.8 Å². The van der Waals surface area contributed by atoms with E-state index >= 15 is 0 Å². The fraction of sp³-hybridized carbons (Fsp3) is 0.391. The number of hydrogen-bond acceptors (Lipinski definition) is 7. The minimum absolute atomic E-state index is 0.104. The van der Waals surface area contributed by atoms with Gasteiger partial charge in [0.25, 0.3) is 11.5 Å². The van der Waals surface area contributed by atoms with Gasteiger partial charge in [0.1, 0.15) is 5.02 Å². The van der Waals surface area contributed by atoms with Gasteiger partial charge in [0.15, 0.2) is 18.2 Å². The number of amides is 1. The smallest absolute Gasteiger partial charge is 0.293 e. The molecule has 33 heavy (non-hydrogen) atoms. The van der Waals surface area contributed by atoms with Crippen LogP contribution in [-0.2, 0) is 11.8 Å². The molecule has 1 aliphatic rings. The van der Waals surface area contributed by atoms with Crippen LogP contribution in [0.2, 0.25) is 5.02 Å². The minimum atomic E-state index is -0.315. The lowest BCUT2D eigenvalue weighted by Crippen LogP contribution is -2.34. The summed E-state index contributed by atoms with van der Waals surface area (Å²) in [6, 6.07) is 7.20. The maximum Gasteiger partial charge on any atom is 0.293 e. The zero-order valence-electron chi connectivity index (χ0n) is 18.9. The molecule has 1 aromatic carbocycles. The third-order valence-corrected chi connectivity index (χ3v) is 6.17. The van der Waals surface area contributed by atoms with E-state index in [4.69, 9.17) is 16.3 Å². The number of pyridine rings is 1. The van der Waals surface area contributed by atoms with Crippen LogP contribution in [0.4, 0.5) is 17.5 Å². The van der Waals surface area contributed by atoms with E-state index in [-0.39, 0.29) is 23.8 Å². The van der Waals surface area contributed by atoms with Gasteiger partial charge in [0.05, 0.1) is 11.7 Å². The number of fused-ring (bicyclic) bond motifs is 1. The first-order chi connectivity index (χ1) is 15.9. The number of piperidine rings is 1. The lowest BCUT2D eigenvalue weighted by Gasteiger charge is -2.30.